The number of aryl methyl sites for hydroxylation is 2. The number of nitrogens with one attached hydrogen (secondary N) is 1. The summed E-state index contributed by atoms with van der Waals surface area (Å²) >= 11 is 0. The van der Waals surface area contributed by atoms with E-state index in [1.165, 1.54) is 5.56 Å². The van der Waals surface area contributed by atoms with Crippen LogP contribution < -0.4 is 10.1 Å². The second-order valence-corrected chi connectivity index (χ2v) is 6.87. The highest BCUT2D eigenvalue weighted by atomic mass is 16.5. The highest BCUT2D eigenvalue weighted by molar-refractivity contribution is 5.90. The molecule has 0 bridgehead atoms. The Morgan fingerprint density at radius 2 is 1.63 bits per heavy atom. The van der Waals surface area contributed by atoms with E-state index in [9.17, 15) is 4.79 Å². The van der Waals surface area contributed by atoms with Crippen molar-refractivity contribution in [1.29, 1.82) is 0 Å². The number of nitrogens with zero attached hydrogens (tertiary/aromatic N) is 2. The molecule has 0 aliphatic carbocycles. The molecule has 0 aliphatic rings. The summed E-state index contributed by atoms with van der Waals surface area (Å²) in [6, 6.07) is 24.7. The third-order valence-electron chi connectivity index (χ3n) is 4.46. The van der Waals surface area contributed by atoms with Crippen molar-refractivity contribution in [1.82, 2.24) is 10.1 Å². The SMILES string of the molecule is Cc1ccc(-c2noc(CCC(=O)Nc3ccc(Oc4ccccc4)cc3)n2)cc1. The van der Waals surface area contributed by atoms with Crippen LogP contribution in [0.5, 0.6) is 11.5 Å². The number of hydrogen-bond donors (Lipinski definition) is 1. The minimum Gasteiger partial charge on any atom is -0.457 e. The first-order chi connectivity index (χ1) is 14.7. The van der Waals surface area contributed by atoms with E-state index in [-0.39, 0.29) is 12.3 Å². The Morgan fingerprint density at radius 1 is 0.933 bits per heavy atom. The van der Waals surface area contributed by atoms with Crippen molar-refractivity contribution in [2.45, 2.75) is 19.8 Å². The van der Waals surface area contributed by atoms with Crippen LogP contribution in [0.1, 0.15) is 17.9 Å². The van der Waals surface area contributed by atoms with Crippen molar-refractivity contribution in [2.24, 2.45) is 0 Å². The maximum absolute atomic E-state index is 12.2. The molecule has 6 nitrogen and oxygen atoms in total. The lowest BCUT2D eigenvalue weighted by atomic mass is 10.1. The van der Waals surface area contributed by atoms with Crippen molar-refractivity contribution < 1.29 is 14.1 Å². The molecule has 30 heavy (non-hydrogen) atoms. The molecule has 0 radical (unpaired) electrons. The Bertz CT molecular complexity index is 1100. The largest absolute Gasteiger partial charge is 0.457 e. The quantitative estimate of drug-likeness (QED) is 0.450. The van der Waals surface area contributed by atoms with E-state index < -0.39 is 0 Å². The van der Waals surface area contributed by atoms with Gasteiger partial charge in [-0.05, 0) is 43.3 Å². The van der Waals surface area contributed by atoms with Gasteiger partial charge in [-0.3, -0.25) is 4.79 Å². The fraction of sp³-hybridized carbons (Fsp3) is 0.125. The zero-order chi connectivity index (χ0) is 20.8. The number of anilines is 1. The van der Waals surface area contributed by atoms with Gasteiger partial charge in [-0.15, -0.1) is 0 Å². The van der Waals surface area contributed by atoms with Gasteiger partial charge in [-0.1, -0.05) is 53.2 Å². The summed E-state index contributed by atoms with van der Waals surface area (Å²) in [6.07, 6.45) is 0.623. The van der Waals surface area contributed by atoms with E-state index in [2.05, 4.69) is 15.5 Å². The minimum absolute atomic E-state index is 0.123. The van der Waals surface area contributed by atoms with E-state index in [0.717, 1.165) is 11.3 Å². The molecule has 0 fully saturated rings. The molecule has 4 rings (SSSR count). The number of rotatable bonds is 7. The van der Waals surface area contributed by atoms with Gasteiger partial charge >= 0.3 is 0 Å². The average molecular weight is 399 g/mol. The van der Waals surface area contributed by atoms with Crippen LogP contribution in [0.25, 0.3) is 11.4 Å². The molecule has 0 saturated carbocycles. The molecule has 4 aromatic rings. The number of ether oxygens (including phenoxy) is 1. The number of benzene rings is 3. The lowest BCUT2D eigenvalue weighted by Gasteiger charge is -2.07. The molecule has 1 amide bonds. The van der Waals surface area contributed by atoms with Crippen LogP contribution in [0.15, 0.2) is 83.4 Å². The number of aromatic nitrogens is 2. The van der Waals surface area contributed by atoms with Crippen molar-refractivity contribution >= 4 is 11.6 Å². The van der Waals surface area contributed by atoms with E-state index in [0.29, 0.717) is 29.6 Å². The lowest BCUT2D eigenvalue weighted by molar-refractivity contribution is -0.116. The predicted octanol–water partition coefficient (Wildman–Crippen LogP) is 5.41. The minimum atomic E-state index is -0.123. The molecule has 1 N–H and O–H groups in total. The number of para-hydroxylation sites is 1. The van der Waals surface area contributed by atoms with Crippen LogP contribution in [0, 0.1) is 6.92 Å². The summed E-state index contributed by atoms with van der Waals surface area (Å²) in [4.78, 5) is 16.6. The molecule has 1 heterocycles. The molecule has 0 aliphatic heterocycles. The highest BCUT2D eigenvalue weighted by Gasteiger charge is 2.11. The summed E-state index contributed by atoms with van der Waals surface area (Å²) in [5.41, 5.74) is 2.75. The molecular weight excluding hydrogens is 378 g/mol. The van der Waals surface area contributed by atoms with Crippen LogP contribution in [0.4, 0.5) is 5.69 Å². The van der Waals surface area contributed by atoms with Gasteiger partial charge in [0.15, 0.2) is 0 Å². The van der Waals surface area contributed by atoms with E-state index in [1.54, 1.807) is 12.1 Å². The molecule has 6 heteroatoms. The molecule has 3 aromatic carbocycles. The molecule has 0 unspecified atom stereocenters. The fourth-order valence-electron chi connectivity index (χ4n) is 2.85. The maximum Gasteiger partial charge on any atom is 0.227 e. The smallest absolute Gasteiger partial charge is 0.227 e. The molecular formula is C24H21N3O3. The Hall–Kier alpha value is -3.93. The Balaban J connectivity index is 1.28. The average Bonchev–Trinajstić information content (AvgIpc) is 3.24. The number of hydrogen-bond acceptors (Lipinski definition) is 5. The van der Waals surface area contributed by atoms with Gasteiger partial charge in [-0.2, -0.15) is 4.98 Å². The third kappa shape index (κ3) is 5.11. The zero-order valence-electron chi connectivity index (χ0n) is 16.5. The van der Waals surface area contributed by atoms with Crippen LogP contribution in [0.2, 0.25) is 0 Å². The Kier molecular flexibility index (Phi) is 5.85. The number of carbonyl (C=O) groups excluding carboxylic acids is 1. The van der Waals surface area contributed by atoms with E-state index >= 15 is 0 Å². The van der Waals surface area contributed by atoms with Gasteiger partial charge in [0, 0.05) is 24.1 Å². The Labute approximate surface area is 174 Å². The summed E-state index contributed by atoms with van der Waals surface area (Å²) in [5.74, 6) is 2.31. The maximum atomic E-state index is 12.2. The second kappa shape index (κ2) is 9.05. The zero-order valence-corrected chi connectivity index (χ0v) is 16.5. The highest BCUT2D eigenvalue weighted by Crippen LogP contribution is 2.23. The third-order valence-corrected chi connectivity index (χ3v) is 4.46. The second-order valence-electron chi connectivity index (χ2n) is 6.87. The predicted molar refractivity (Wildman–Crippen MR) is 114 cm³/mol. The molecule has 0 saturated heterocycles. The topological polar surface area (TPSA) is 77.2 Å². The number of carbonyl (C=O) groups is 1. The summed E-state index contributed by atoms with van der Waals surface area (Å²) in [5, 5.41) is 6.85. The lowest BCUT2D eigenvalue weighted by Crippen LogP contribution is -2.12. The van der Waals surface area contributed by atoms with Gasteiger partial charge < -0.3 is 14.6 Å². The van der Waals surface area contributed by atoms with Gasteiger partial charge in [-0.25, -0.2) is 0 Å². The van der Waals surface area contributed by atoms with Gasteiger partial charge in [0.1, 0.15) is 11.5 Å². The van der Waals surface area contributed by atoms with Gasteiger partial charge in [0.2, 0.25) is 17.6 Å². The van der Waals surface area contributed by atoms with Crippen molar-refractivity contribution in [3.63, 3.8) is 0 Å². The molecule has 0 spiro atoms. The molecule has 1 aromatic heterocycles. The normalized spacial score (nSPS) is 10.6. The fourth-order valence-corrected chi connectivity index (χ4v) is 2.85. The molecule has 150 valence electrons. The first kappa shape index (κ1) is 19.4. The Morgan fingerprint density at radius 3 is 2.37 bits per heavy atom. The first-order valence-corrected chi connectivity index (χ1v) is 9.68. The van der Waals surface area contributed by atoms with Crippen molar-refractivity contribution in [3.05, 3.63) is 90.3 Å². The standard InChI is InChI=1S/C24H21N3O3/c1-17-7-9-18(10-8-17)24-26-23(30-27-24)16-15-22(28)25-19-11-13-21(14-12-19)29-20-5-3-2-4-6-20/h2-14H,15-16H2,1H3,(H,25,28). The summed E-state index contributed by atoms with van der Waals surface area (Å²) < 4.78 is 11.0. The van der Waals surface area contributed by atoms with E-state index in [4.69, 9.17) is 9.26 Å². The first-order valence-electron chi connectivity index (χ1n) is 9.68. The monoisotopic (exact) mass is 399 g/mol. The van der Waals surface area contributed by atoms with E-state index in [1.807, 2.05) is 73.7 Å². The van der Waals surface area contributed by atoms with Crippen LogP contribution in [0.3, 0.4) is 0 Å². The van der Waals surface area contributed by atoms with Gasteiger partial charge in [0.25, 0.3) is 0 Å². The van der Waals surface area contributed by atoms with Crippen LogP contribution in [-0.4, -0.2) is 16.0 Å². The van der Waals surface area contributed by atoms with Gasteiger partial charge in [0.05, 0.1) is 0 Å². The summed E-state index contributed by atoms with van der Waals surface area (Å²) in [7, 11) is 0. The summed E-state index contributed by atoms with van der Waals surface area (Å²) in [6.45, 7) is 2.02. The molecule has 0 atom stereocenters. The van der Waals surface area contributed by atoms with Crippen molar-refractivity contribution in [2.75, 3.05) is 5.32 Å². The number of amides is 1. The van der Waals surface area contributed by atoms with Crippen LogP contribution in [-0.2, 0) is 11.2 Å². The van der Waals surface area contributed by atoms with Crippen molar-refractivity contribution in [3.8, 4) is 22.9 Å². The van der Waals surface area contributed by atoms with Crippen LogP contribution >= 0.6 is 0 Å².